The van der Waals surface area contributed by atoms with E-state index in [2.05, 4.69) is 0 Å². The smallest absolute Gasteiger partial charge is 0.420 e. The van der Waals surface area contributed by atoms with Crippen molar-refractivity contribution in [1.29, 1.82) is 0 Å². The zero-order chi connectivity index (χ0) is 21.1. The second-order valence-electron chi connectivity index (χ2n) is 6.75. The topological polar surface area (TPSA) is 42.1 Å². The van der Waals surface area contributed by atoms with E-state index in [4.69, 9.17) is 9.47 Å². The van der Waals surface area contributed by atoms with Gasteiger partial charge in [-0.1, -0.05) is 42.5 Å². The van der Waals surface area contributed by atoms with Crippen LogP contribution in [-0.4, -0.2) is 25.2 Å². The number of epoxide rings is 1. The quantitative estimate of drug-likeness (QED) is 0.504. The molecular formula is C23H18F3NO3. The van der Waals surface area contributed by atoms with E-state index >= 15 is 0 Å². The van der Waals surface area contributed by atoms with E-state index < -0.39 is 23.2 Å². The first-order valence-electron chi connectivity index (χ1n) is 9.34. The molecule has 1 fully saturated rings. The maximum absolute atomic E-state index is 14.0. The van der Waals surface area contributed by atoms with Crippen LogP contribution in [0.25, 0.3) is 0 Å². The van der Waals surface area contributed by atoms with Crippen molar-refractivity contribution >= 4 is 17.3 Å². The molecule has 4 nitrogen and oxygen atoms in total. The van der Waals surface area contributed by atoms with Gasteiger partial charge in [0.2, 0.25) is 0 Å². The number of hydrogen-bond donors (Lipinski definition) is 0. The van der Waals surface area contributed by atoms with Gasteiger partial charge in [0.25, 0.3) is 5.91 Å². The van der Waals surface area contributed by atoms with Crippen LogP contribution in [0.15, 0.2) is 78.9 Å². The van der Waals surface area contributed by atoms with E-state index in [1.165, 1.54) is 23.1 Å². The lowest BCUT2D eigenvalue weighted by molar-refractivity contribution is -0.139. The van der Waals surface area contributed by atoms with Gasteiger partial charge in [0, 0.05) is 11.4 Å². The lowest BCUT2D eigenvalue weighted by Gasteiger charge is -2.25. The van der Waals surface area contributed by atoms with Crippen molar-refractivity contribution in [3.8, 4) is 5.75 Å². The third kappa shape index (κ3) is 4.31. The van der Waals surface area contributed by atoms with E-state index in [0.29, 0.717) is 18.0 Å². The predicted molar refractivity (Wildman–Crippen MR) is 106 cm³/mol. The Labute approximate surface area is 171 Å². The molecule has 0 N–H and O–H groups in total. The zero-order valence-electron chi connectivity index (χ0n) is 15.8. The molecule has 1 saturated heterocycles. The molecule has 1 unspecified atom stereocenters. The van der Waals surface area contributed by atoms with Gasteiger partial charge in [0.05, 0.1) is 12.2 Å². The van der Waals surface area contributed by atoms with E-state index in [-0.39, 0.29) is 18.5 Å². The summed E-state index contributed by atoms with van der Waals surface area (Å²) in [6.45, 7) is 0.456. The van der Waals surface area contributed by atoms with E-state index in [1.54, 1.807) is 60.7 Å². The van der Waals surface area contributed by atoms with Crippen LogP contribution in [0, 0.1) is 0 Å². The van der Waals surface area contributed by atoms with Gasteiger partial charge in [0.15, 0.2) is 0 Å². The fraction of sp³-hybridized carbons (Fsp3) is 0.174. The number of ether oxygens (including phenoxy) is 2. The first kappa shape index (κ1) is 20.0. The van der Waals surface area contributed by atoms with E-state index in [9.17, 15) is 18.0 Å². The average molecular weight is 413 g/mol. The number of para-hydroxylation sites is 2. The maximum Gasteiger partial charge on any atom is 0.420 e. The van der Waals surface area contributed by atoms with Crippen LogP contribution in [0.2, 0.25) is 0 Å². The summed E-state index contributed by atoms with van der Waals surface area (Å²) in [6.07, 6.45) is -4.99. The lowest BCUT2D eigenvalue weighted by atomic mass is 10.0. The summed E-state index contributed by atoms with van der Waals surface area (Å²) >= 11 is 0. The summed E-state index contributed by atoms with van der Waals surface area (Å²) in [5, 5.41) is 0. The second-order valence-corrected chi connectivity index (χ2v) is 6.75. The van der Waals surface area contributed by atoms with E-state index in [0.717, 1.165) is 0 Å². The summed E-state index contributed by atoms with van der Waals surface area (Å²) in [7, 11) is 0. The fourth-order valence-corrected chi connectivity index (χ4v) is 3.13. The van der Waals surface area contributed by atoms with Crippen molar-refractivity contribution < 1.29 is 27.4 Å². The Morgan fingerprint density at radius 2 is 1.50 bits per heavy atom. The van der Waals surface area contributed by atoms with Gasteiger partial charge in [-0.2, -0.15) is 13.2 Å². The Morgan fingerprint density at radius 1 is 0.933 bits per heavy atom. The van der Waals surface area contributed by atoms with Crippen molar-refractivity contribution in [3.63, 3.8) is 0 Å². The number of alkyl halides is 3. The maximum atomic E-state index is 14.0. The van der Waals surface area contributed by atoms with Gasteiger partial charge in [-0.3, -0.25) is 9.69 Å². The highest BCUT2D eigenvalue weighted by Crippen LogP contribution is 2.40. The SMILES string of the molecule is O=C(c1cccc(OCC2CO2)c1C(F)(F)F)N(c1ccccc1)c1ccccc1. The molecule has 0 bridgehead atoms. The third-order valence-electron chi connectivity index (χ3n) is 4.60. The molecule has 1 amide bonds. The van der Waals surface area contributed by atoms with Crippen molar-refractivity contribution in [1.82, 2.24) is 0 Å². The van der Waals surface area contributed by atoms with Crippen LogP contribution in [0.1, 0.15) is 15.9 Å². The zero-order valence-corrected chi connectivity index (χ0v) is 15.8. The van der Waals surface area contributed by atoms with Crippen LogP contribution >= 0.6 is 0 Å². The van der Waals surface area contributed by atoms with Gasteiger partial charge < -0.3 is 9.47 Å². The first-order chi connectivity index (χ1) is 14.4. The molecule has 0 spiro atoms. The van der Waals surface area contributed by atoms with E-state index in [1.807, 2.05) is 0 Å². The first-order valence-corrected chi connectivity index (χ1v) is 9.34. The molecule has 1 heterocycles. The van der Waals surface area contributed by atoms with Crippen LogP contribution in [0.5, 0.6) is 5.75 Å². The molecule has 1 atom stereocenters. The molecule has 4 rings (SSSR count). The molecule has 30 heavy (non-hydrogen) atoms. The number of halogens is 3. The second kappa shape index (κ2) is 8.20. The Kier molecular flexibility index (Phi) is 5.46. The molecule has 3 aromatic rings. The molecule has 0 aliphatic carbocycles. The monoisotopic (exact) mass is 413 g/mol. The Balaban J connectivity index is 1.80. The Bertz CT molecular complexity index is 979. The normalized spacial score (nSPS) is 15.5. The number of carbonyl (C=O) groups is 1. The molecule has 1 aliphatic heterocycles. The summed E-state index contributed by atoms with van der Waals surface area (Å²) < 4.78 is 52.3. The molecule has 3 aromatic carbocycles. The molecule has 0 radical (unpaired) electrons. The number of benzene rings is 3. The number of carbonyl (C=O) groups excluding carboxylic acids is 1. The average Bonchev–Trinajstić information content (AvgIpc) is 3.57. The predicted octanol–water partition coefficient (Wildman–Crippen LogP) is 5.46. The van der Waals surface area contributed by atoms with Crippen molar-refractivity contribution in [3.05, 3.63) is 90.0 Å². The molecule has 0 saturated carbocycles. The third-order valence-corrected chi connectivity index (χ3v) is 4.60. The molecule has 1 aliphatic rings. The summed E-state index contributed by atoms with van der Waals surface area (Å²) in [4.78, 5) is 14.7. The largest absolute Gasteiger partial charge is 0.490 e. The molecule has 154 valence electrons. The number of hydrogen-bond acceptors (Lipinski definition) is 3. The summed E-state index contributed by atoms with van der Waals surface area (Å²) in [5.41, 5.74) is -0.656. The molecular weight excluding hydrogens is 395 g/mol. The van der Waals surface area contributed by atoms with Gasteiger partial charge in [-0.05, 0) is 36.4 Å². The standard InChI is InChI=1S/C23H18F3NO3/c24-23(25,26)21-19(12-7-13-20(21)30-15-18-14-29-18)22(28)27(16-8-3-1-4-9-16)17-10-5-2-6-11-17/h1-13,18H,14-15H2. The van der Waals surface area contributed by atoms with Crippen LogP contribution < -0.4 is 9.64 Å². The minimum Gasteiger partial charge on any atom is -0.490 e. The lowest BCUT2D eigenvalue weighted by Crippen LogP contribution is -2.29. The Morgan fingerprint density at radius 3 is 2.00 bits per heavy atom. The highest BCUT2D eigenvalue weighted by atomic mass is 19.4. The van der Waals surface area contributed by atoms with Crippen LogP contribution in [-0.2, 0) is 10.9 Å². The highest BCUT2D eigenvalue weighted by Gasteiger charge is 2.40. The minimum atomic E-state index is -4.77. The Hall–Kier alpha value is -3.32. The molecule has 7 heteroatoms. The highest BCUT2D eigenvalue weighted by molar-refractivity contribution is 6.12. The van der Waals surface area contributed by atoms with Gasteiger partial charge >= 0.3 is 6.18 Å². The fourth-order valence-electron chi connectivity index (χ4n) is 3.13. The van der Waals surface area contributed by atoms with Gasteiger partial charge in [0.1, 0.15) is 24.0 Å². The van der Waals surface area contributed by atoms with Gasteiger partial charge in [-0.25, -0.2) is 0 Å². The van der Waals surface area contributed by atoms with Gasteiger partial charge in [-0.15, -0.1) is 0 Å². The van der Waals surface area contributed by atoms with Crippen LogP contribution in [0.4, 0.5) is 24.5 Å². The van der Waals surface area contributed by atoms with Crippen molar-refractivity contribution in [2.24, 2.45) is 0 Å². The minimum absolute atomic E-state index is 0.00179. The number of anilines is 2. The van der Waals surface area contributed by atoms with Crippen molar-refractivity contribution in [2.45, 2.75) is 12.3 Å². The number of rotatable bonds is 6. The summed E-state index contributed by atoms with van der Waals surface area (Å²) in [6, 6.07) is 20.9. The number of nitrogens with zero attached hydrogens (tertiary/aromatic N) is 1. The molecule has 0 aromatic heterocycles. The van der Waals surface area contributed by atoms with Crippen LogP contribution in [0.3, 0.4) is 0 Å². The van der Waals surface area contributed by atoms with Crippen molar-refractivity contribution in [2.75, 3.05) is 18.1 Å². The number of amides is 1. The summed E-state index contributed by atoms with van der Waals surface area (Å²) in [5.74, 6) is -1.18.